The Morgan fingerprint density at radius 2 is 1.95 bits per heavy atom. The number of nitrogens with zero attached hydrogens (tertiary/aromatic N) is 2. The minimum absolute atomic E-state index is 0.187. The van der Waals surface area contributed by atoms with Crippen LogP contribution in [0.4, 0.5) is 5.82 Å². The Morgan fingerprint density at radius 1 is 1.09 bits per heavy atom. The van der Waals surface area contributed by atoms with Crippen LogP contribution in [-0.2, 0) is 9.47 Å². The van der Waals surface area contributed by atoms with E-state index in [-0.39, 0.29) is 5.60 Å². The van der Waals surface area contributed by atoms with Gasteiger partial charge in [-0.15, -0.1) is 0 Å². The van der Waals surface area contributed by atoms with Gasteiger partial charge < -0.3 is 14.4 Å². The summed E-state index contributed by atoms with van der Waals surface area (Å²) in [6, 6.07) is 7.57. The summed E-state index contributed by atoms with van der Waals surface area (Å²) in [5, 5.41) is 2.17. The SMILES string of the molecule is Clc1ccc(Cl)c2nc(N3CCOC4(CCOC4)C3)ccc12. The molecule has 2 aliphatic rings. The van der Waals surface area contributed by atoms with E-state index in [1.807, 2.05) is 12.1 Å². The first kappa shape index (κ1) is 14.5. The van der Waals surface area contributed by atoms with Gasteiger partial charge in [-0.05, 0) is 24.3 Å². The Bertz CT molecular complexity index is 717. The van der Waals surface area contributed by atoms with Crippen LogP contribution < -0.4 is 4.90 Å². The Morgan fingerprint density at radius 3 is 2.77 bits per heavy atom. The first-order valence-electron chi connectivity index (χ1n) is 7.38. The number of hydrogen-bond donors (Lipinski definition) is 0. The van der Waals surface area contributed by atoms with Gasteiger partial charge in [-0.1, -0.05) is 23.2 Å². The smallest absolute Gasteiger partial charge is 0.129 e. The van der Waals surface area contributed by atoms with Crippen molar-refractivity contribution in [3.05, 3.63) is 34.3 Å². The predicted molar refractivity (Wildman–Crippen MR) is 88.1 cm³/mol. The Labute approximate surface area is 138 Å². The second kappa shape index (κ2) is 5.53. The van der Waals surface area contributed by atoms with Crippen LogP contribution in [0.15, 0.2) is 24.3 Å². The lowest BCUT2D eigenvalue weighted by Crippen LogP contribution is -2.52. The summed E-state index contributed by atoms with van der Waals surface area (Å²) >= 11 is 12.5. The Balaban J connectivity index is 1.70. The van der Waals surface area contributed by atoms with Crippen LogP contribution in [0.3, 0.4) is 0 Å². The fourth-order valence-corrected chi connectivity index (χ4v) is 3.60. The molecule has 0 radical (unpaired) electrons. The molecule has 2 fully saturated rings. The lowest BCUT2D eigenvalue weighted by atomic mass is 10.0. The first-order valence-corrected chi connectivity index (χ1v) is 8.14. The molecular formula is C16H16Cl2N2O2. The molecule has 4 rings (SSSR count). The Hall–Kier alpha value is -1.07. The van der Waals surface area contributed by atoms with Gasteiger partial charge in [0.1, 0.15) is 11.4 Å². The third kappa shape index (κ3) is 2.44. The van der Waals surface area contributed by atoms with Crippen LogP contribution in [0.25, 0.3) is 10.9 Å². The largest absolute Gasteiger partial charge is 0.378 e. The zero-order chi connectivity index (χ0) is 15.2. The van der Waals surface area contributed by atoms with Crippen molar-refractivity contribution < 1.29 is 9.47 Å². The van der Waals surface area contributed by atoms with E-state index in [0.29, 0.717) is 23.3 Å². The maximum atomic E-state index is 6.28. The van der Waals surface area contributed by atoms with E-state index >= 15 is 0 Å². The predicted octanol–water partition coefficient (Wildman–Crippen LogP) is 3.54. The molecule has 0 aliphatic carbocycles. The molecule has 2 aromatic rings. The van der Waals surface area contributed by atoms with Gasteiger partial charge in [0.15, 0.2) is 0 Å². The molecule has 0 amide bonds. The molecule has 0 bridgehead atoms. The highest BCUT2D eigenvalue weighted by molar-refractivity contribution is 6.39. The number of pyridine rings is 1. The molecule has 1 atom stereocenters. The van der Waals surface area contributed by atoms with Crippen molar-refractivity contribution in [2.24, 2.45) is 0 Å². The van der Waals surface area contributed by atoms with Crippen LogP contribution >= 0.6 is 23.2 Å². The number of fused-ring (bicyclic) bond motifs is 1. The third-order valence-corrected chi connectivity index (χ3v) is 5.01. The molecule has 0 N–H and O–H groups in total. The number of morpholine rings is 1. The van der Waals surface area contributed by atoms with Crippen LogP contribution in [0, 0.1) is 0 Å². The van der Waals surface area contributed by atoms with Crippen molar-refractivity contribution in [3.63, 3.8) is 0 Å². The van der Waals surface area contributed by atoms with Crippen LogP contribution in [0.1, 0.15) is 6.42 Å². The molecule has 4 nitrogen and oxygen atoms in total. The topological polar surface area (TPSA) is 34.6 Å². The van der Waals surface area contributed by atoms with Gasteiger partial charge >= 0.3 is 0 Å². The fourth-order valence-electron chi connectivity index (χ4n) is 3.18. The minimum atomic E-state index is -0.187. The lowest BCUT2D eigenvalue weighted by molar-refractivity contribution is -0.0581. The number of rotatable bonds is 1. The molecule has 3 heterocycles. The van der Waals surface area contributed by atoms with Crippen LogP contribution in [0.2, 0.25) is 10.0 Å². The quantitative estimate of drug-likeness (QED) is 0.796. The molecule has 0 saturated carbocycles. The molecule has 1 spiro atoms. The highest BCUT2D eigenvalue weighted by Gasteiger charge is 2.40. The summed E-state index contributed by atoms with van der Waals surface area (Å²) in [5.41, 5.74) is 0.558. The average molecular weight is 339 g/mol. The second-order valence-corrected chi connectivity index (χ2v) is 6.66. The summed E-state index contributed by atoms with van der Waals surface area (Å²) in [5.74, 6) is 0.909. The van der Waals surface area contributed by atoms with E-state index in [2.05, 4.69) is 4.90 Å². The number of anilines is 1. The van der Waals surface area contributed by atoms with Crippen molar-refractivity contribution >= 4 is 39.9 Å². The summed E-state index contributed by atoms with van der Waals surface area (Å²) in [4.78, 5) is 6.97. The van der Waals surface area contributed by atoms with E-state index in [4.69, 9.17) is 37.7 Å². The first-order chi connectivity index (χ1) is 10.7. The molecule has 2 aliphatic heterocycles. The van der Waals surface area contributed by atoms with Gasteiger partial charge in [-0.2, -0.15) is 0 Å². The highest BCUT2D eigenvalue weighted by atomic mass is 35.5. The lowest BCUT2D eigenvalue weighted by Gasteiger charge is -2.40. The summed E-state index contributed by atoms with van der Waals surface area (Å²) in [6.45, 7) is 3.72. The number of benzene rings is 1. The fraction of sp³-hybridized carbons (Fsp3) is 0.438. The van der Waals surface area contributed by atoms with Gasteiger partial charge in [-0.25, -0.2) is 4.98 Å². The molecule has 1 aromatic heterocycles. The van der Waals surface area contributed by atoms with Gasteiger partial charge in [0, 0.05) is 25.0 Å². The molecule has 116 valence electrons. The molecule has 1 unspecified atom stereocenters. The minimum Gasteiger partial charge on any atom is -0.378 e. The van der Waals surface area contributed by atoms with Crippen LogP contribution in [0.5, 0.6) is 0 Å². The van der Waals surface area contributed by atoms with E-state index in [0.717, 1.165) is 42.8 Å². The second-order valence-electron chi connectivity index (χ2n) is 5.85. The summed E-state index contributed by atoms with van der Waals surface area (Å²) < 4.78 is 11.5. The number of aromatic nitrogens is 1. The third-order valence-electron chi connectivity index (χ3n) is 4.38. The van der Waals surface area contributed by atoms with Crippen molar-refractivity contribution in [1.29, 1.82) is 0 Å². The maximum absolute atomic E-state index is 6.28. The van der Waals surface area contributed by atoms with Gasteiger partial charge in [0.2, 0.25) is 0 Å². The number of hydrogen-bond acceptors (Lipinski definition) is 4. The normalized spacial score (nSPS) is 25.3. The molecule has 6 heteroatoms. The molecule has 2 saturated heterocycles. The standard InChI is InChI=1S/C16H16Cl2N2O2/c17-12-2-3-13(18)15-11(12)1-4-14(19-15)20-6-8-22-16(9-20)5-7-21-10-16/h1-4H,5-10H2. The van der Waals surface area contributed by atoms with Gasteiger partial charge in [0.25, 0.3) is 0 Å². The van der Waals surface area contributed by atoms with Crippen molar-refractivity contribution in [1.82, 2.24) is 4.98 Å². The van der Waals surface area contributed by atoms with Gasteiger partial charge in [0.05, 0.1) is 35.3 Å². The molecule has 1 aromatic carbocycles. The highest BCUT2D eigenvalue weighted by Crippen LogP contribution is 2.33. The zero-order valence-electron chi connectivity index (χ0n) is 12.0. The van der Waals surface area contributed by atoms with E-state index in [1.54, 1.807) is 12.1 Å². The van der Waals surface area contributed by atoms with Crippen molar-refractivity contribution in [2.45, 2.75) is 12.0 Å². The average Bonchev–Trinajstić information content (AvgIpc) is 2.98. The van der Waals surface area contributed by atoms with Crippen molar-refractivity contribution in [2.75, 3.05) is 37.8 Å². The van der Waals surface area contributed by atoms with E-state index in [9.17, 15) is 0 Å². The van der Waals surface area contributed by atoms with E-state index in [1.165, 1.54) is 0 Å². The molecular weight excluding hydrogens is 323 g/mol. The summed E-state index contributed by atoms with van der Waals surface area (Å²) in [7, 11) is 0. The maximum Gasteiger partial charge on any atom is 0.129 e. The number of halogens is 2. The zero-order valence-corrected chi connectivity index (χ0v) is 13.5. The van der Waals surface area contributed by atoms with Gasteiger partial charge in [-0.3, -0.25) is 0 Å². The van der Waals surface area contributed by atoms with Crippen molar-refractivity contribution in [3.8, 4) is 0 Å². The van der Waals surface area contributed by atoms with Crippen LogP contribution in [-0.4, -0.2) is 43.5 Å². The van der Waals surface area contributed by atoms with E-state index < -0.39 is 0 Å². The summed E-state index contributed by atoms with van der Waals surface area (Å²) in [6.07, 6.45) is 0.934. The monoisotopic (exact) mass is 338 g/mol. The number of ether oxygens (including phenoxy) is 2. The molecule has 22 heavy (non-hydrogen) atoms. The Kier molecular flexibility index (Phi) is 3.65.